The second-order valence-corrected chi connectivity index (χ2v) is 6.51. The van der Waals surface area contributed by atoms with Crippen molar-refractivity contribution in [2.45, 2.75) is 45.6 Å². The Balaban J connectivity index is 1.62. The molecule has 1 saturated carbocycles. The summed E-state index contributed by atoms with van der Waals surface area (Å²) in [6.07, 6.45) is 9.12. The van der Waals surface area contributed by atoms with E-state index in [4.69, 9.17) is 0 Å². The van der Waals surface area contributed by atoms with Crippen molar-refractivity contribution in [3.05, 3.63) is 42.7 Å². The lowest BCUT2D eigenvalue weighted by atomic mass is 9.79. The summed E-state index contributed by atoms with van der Waals surface area (Å²) < 4.78 is 1.89. The predicted molar refractivity (Wildman–Crippen MR) is 87.8 cm³/mol. The molecule has 1 fully saturated rings. The number of nitrogens with zero attached hydrogens (tertiary/aromatic N) is 2. The van der Waals surface area contributed by atoms with Crippen LogP contribution in [-0.2, 0) is 0 Å². The van der Waals surface area contributed by atoms with Gasteiger partial charge in [-0.2, -0.15) is 5.10 Å². The highest BCUT2D eigenvalue weighted by Gasteiger charge is 2.23. The summed E-state index contributed by atoms with van der Waals surface area (Å²) in [7, 11) is 0. The van der Waals surface area contributed by atoms with E-state index in [1.165, 1.54) is 31.4 Å². The van der Waals surface area contributed by atoms with E-state index in [9.17, 15) is 0 Å². The number of anilines is 1. The Bertz CT molecular complexity index is 542. The molecule has 1 aliphatic rings. The van der Waals surface area contributed by atoms with Crippen molar-refractivity contribution in [1.82, 2.24) is 9.78 Å². The first kappa shape index (κ1) is 14.2. The standard InChI is InChI=1S/C18H25N3/c1-14(2)15-5-3-6-17(13-15)20-16-7-9-18(10-8-16)21-12-4-11-19-21/h4,7-12,14-15,17,20H,3,5-6,13H2,1-2H3. The molecule has 3 nitrogen and oxygen atoms in total. The number of nitrogens with one attached hydrogen (secondary N) is 1. The van der Waals surface area contributed by atoms with Crippen LogP contribution in [0, 0.1) is 11.8 Å². The second kappa shape index (κ2) is 6.33. The van der Waals surface area contributed by atoms with E-state index in [-0.39, 0.29) is 0 Å². The minimum Gasteiger partial charge on any atom is -0.382 e. The van der Waals surface area contributed by atoms with Crippen LogP contribution in [0.15, 0.2) is 42.7 Å². The third kappa shape index (κ3) is 3.46. The molecule has 2 unspecified atom stereocenters. The molecule has 2 atom stereocenters. The van der Waals surface area contributed by atoms with Gasteiger partial charge in [-0.1, -0.05) is 26.7 Å². The Morgan fingerprint density at radius 1 is 1.19 bits per heavy atom. The quantitative estimate of drug-likeness (QED) is 0.895. The van der Waals surface area contributed by atoms with Crippen molar-refractivity contribution in [3.8, 4) is 5.69 Å². The molecule has 0 bridgehead atoms. The highest BCUT2D eigenvalue weighted by atomic mass is 15.3. The lowest BCUT2D eigenvalue weighted by Gasteiger charge is -2.32. The van der Waals surface area contributed by atoms with E-state index in [1.54, 1.807) is 6.20 Å². The number of aromatic nitrogens is 2. The Labute approximate surface area is 127 Å². The summed E-state index contributed by atoms with van der Waals surface area (Å²) in [5, 5.41) is 7.97. The zero-order valence-electron chi connectivity index (χ0n) is 13.0. The van der Waals surface area contributed by atoms with Crippen LogP contribution in [-0.4, -0.2) is 15.8 Å². The van der Waals surface area contributed by atoms with Gasteiger partial charge in [0.05, 0.1) is 5.69 Å². The monoisotopic (exact) mass is 283 g/mol. The molecule has 2 aromatic rings. The molecule has 1 aliphatic carbocycles. The van der Waals surface area contributed by atoms with Crippen LogP contribution in [0.3, 0.4) is 0 Å². The summed E-state index contributed by atoms with van der Waals surface area (Å²) in [5.74, 6) is 1.68. The van der Waals surface area contributed by atoms with Gasteiger partial charge < -0.3 is 5.32 Å². The lowest BCUT2D eigenvalue weighted by molar-refractivity contribution is 0.264. The third-order valence-electron chi connectivity index (χ3n) is 4.66. The third-order valence-corrected chi connectivity index (χ3v) is 4.66. The van der Waals surface area contributed by atoms with Gasteiger partial charge in [-0.3, -0.25) is 0 Å². The van der Waals surface area contributed by atoms with Gasteiger partial charge in [-0.15, -0.1) is 0 Å². The van der Waals surface area contributed by atoms with Gasteiger partial charge in [0, 0.05) is 24.1 Å². The molecule has 1 aromatic carbocycles. The molecule has 1 aromatic heterocycles. The fraction of sp³-hybridized carbons (Fsp3) is 0.500. The number of hydrogen-bond donors (Lipinski definition) is 1. The average Bonchev–Trinajstić information content (AvgIpc) is 3.02. The Morgan fingerprint density at radius 2 is 2.00 bits per heavy atom. The molecule has 3 rings (SSSR count). The molecular weight excluding hydrogens is 258 g/mol. The largest absolute Gasteiger partial charge is 0.382 e. The van der Waals surface area contributed by atoms with Crippen LogP contribution in [0.5, 0.6) is 0 Å². The topological polar surface area (TPSA) is 29.9 Å². The maximum atomic E-state index is 4.26. The van der Waals surface area contributed by atoms with E-state index < -0.39 is 0 Å². The van der Waals surface area contributed by atoms with E-state index in [2.05, 4.69) is 48.5 Å². The lowest BCUT2D eigenvalue weighted by Crippen LogP contribution is -2.29. The van der Waals surface area contributed by atoms with Gasteiger partial charge in [0.25, 0.3) is 0 Å². The molecule has 0 spiro atoms. The van der Waals surface area contributed by atoms with Crippen LogP contribution >= 0.6 is 0 Å². The molecule has 0 amide bonds. The van der Waals surface area contributed by atoms with Gasteiger partial charge in [0.2, 0.25) is 0 Å². The highest BCUT2D eigenvalue weighted by molar-refractivity contribution is 5.49. The van der Waals surface area contributed by atoms with Crippen molar-refractivity contribution < 1.29 is 0 Å². The Hall–Kier alpha value is -1.77. The molecule has 3 heteroatoms. The smallest absolute Gasteiger partial charge is 0.0647 e. The van der Waals surface area contributed by atoms with Crippen LogP contribution in [0.4, 0.5) is 5.69 Å². The molecule has 0 radical (unpaired) electrons. The molecule has 21 heavy (non-hydrogen) atoms. The highest BCUT2D eigenvalue weighted by Crippen LogP contribution is 2.31. The van der Waals surface area contributed by atoms with Crippen molar-refractivity contribution in [2.75, 3.05) is 5.32 Å². The van der Waals surface area contributed by atoms with Gasteiger partial charge >= 0.3 is 0 Å². The summed E-state index contributed by atoms with van der Waals surface area (Å²) in [6.45, 7) is 4.71. The molecule has 1 heterocycles. The summed E-state index contributed by atoms with van der Waals surface area (Å²) in [4.78, 5) is 0. The van der Waals surface area contributed by atoms with Crippen LogP contribution in [0.25, 0.3) is 5.69 Å². The van der Waals surface area contributed by atoms with E-state index >= 15 is 0 Å². The number of benzene rings is 1. The normalized spacial score (nSPS) is 22.4. The van der Waals surface area contributed by atoms with Gasteiger partial charge in [-0.05, 0) is 55.0 Å². The van der Waals surface area contributed by atoms with E-state index in [0.717, 1.165) is 17.5 Å². The average molecular weight is 283 g/mol. The van der Waals surface area contributed by atoms with E-state index in [0.29, 0.717) is 6.04 Å². The summed E-state index contributed by atoms with van der Waals surface area (Å²) in [6, 6.07) is 11.1. The summed E-state index contributed by atoms with van der Waals surface area (Å²) in [5.41, 5.74) is 2.33. The van der Waals surface area contributed by atoms with Crippen molar-refractivity contribution >= 4 is 5.69 Å². The van der Waals surface area contributed by atoms with Crippen molar-refractivity contribution in [3.63, 3.8) is 0 Å². The maximum absolute atomic E-state index is 4.26. The van der Waals surface area contributed by atoms with E-state index in [1.807, 2.05) is 16.9 Å². The Kier molecular flexibility index (Phi) is 4.28. The summed E-state index contributed by atoms with van der Waals surface area (Å²) >= 11 is 0. The first-order valence-electron chi connectivity index (χ1n) is 8.09. The zero-order chi connectivity index (χ0) is 14.7. The molecule has 0 aliphatic heterocycles. The van der Waals surface area contributed by atoms with Gasteiger partial charge in [-0.25, -0.2) is 4.68 Å². The number of rotatable bonds is 4. The van der Waals surface area contributed by atoms with Crippen molar-refractivity contribution in [2.24, 2.45) is 11.8 Å². The molecule has 112 valence electrons. The van der Waals surface area contributed by atoms with Crippen LogP contribution in [0.1, 0.15) is 39.5 Å². The minimum absolute atomic E-state index is 0.627. The Morgan fingerprint density at radius 3 is 2.67 bits per heavy atom. The zero-order valence-corrected chi connectivity index (χ0v) is 13.0. The van der Waals surface area contributed by atoms with Crippen LogP contribution in [0.2, 0.25) is 0 Å². The van der Waals surface area contributed by atoms with Gasteiger partial charge in [0.1, 0.15) is 0 Å². The molecular formula is C18H25N3. The SMILES string of the molecule is CC(C)C1CCCC(Nc2ccc(-n3cccn3)cc2)C1. The van der Waals surface area contributed by atoms with Crippen LogP contribution < -0.4 is 5.32 Å². The predicted octanol–water partition coefficient (Wildman–Crippen LogP) is 4.50. The fourth-order valence-electron chi connectivity index (χ4n) is 3.33. The van der Waals surface area contributed by atoms with Gasteiger partial charge in [0.15, 0.2) is 0 Å². The molecule has 0 saturated heterocycles. The first-order valence-corrected chi connectivity index (χ1v) is 8.09. The molecule has 1 N–H and O–H groups in total. The second-order valence-electron chi connectivity index (χ2n) is 6.51. The van der Waals surface area contributed by atoms with Crippen molar-refractivity contribution in [1.29, 1.82) is 0 Å². The fourth-order valence-corrected chi connectivity index (χ4v) is 3.33. The number of hydrogen-bond acceptors (Lipinski definition) is 2. The maximum Gasteiger partial charge on any atom is 0.0647 e. The minimum atomic E-state index is 0.627. The first-order chi connectivity index (χ1) is 10.2.